The normalized spacial score (nSPS) is 37.1. The van der Waals surface area contributed by atoms with Crippen LogP contribution in [0.15, 0.2) is 0 Å². The molecule has 2 heterocycles. The molecule has 1 N–H and O–H groups in total. The zero-order valence-corrected chi connectivity index (χ0v) is 8.47. The van der Waals surface area contributed by atoms with Crippen molar-refractivity contribution in [3.05, 3.63) is 0 Å². The van der Waals surface area contributed by atoms with Gasteiger partial charge in [0.1, 0.15) is 5.54 Å². The number of alkyl halides is 3. The van der Waals surface area contributed by atoms with E-state index in [0.29, 0.717) is 4.90 Å². The number of hydrogen-bond donors (Lipinski definition) is 1. The monoisotopic (exact) mass is 237 g/mol. The maximum Gasteiger partial charge on any atom is 0.471 e. The van der Waals surface area contributed by atoms with E-state index in [0.717, 1.165) is 0 Å². The first kappa shape index (κ1) is 11.2. The fourth-order valence-electron chi connectivity index (χ4n) is 2.88. The number of carbonyl (C=O) groups is 2. The minimum Gasteiger partial charge on any atom is -0.479 e. The van der Waals surface area contributed by atoms with Crippen molar-refractivity contribution in [2.24, 2.45) is 5.41 Å². The lowest BCUT2D eigenvalue weighted by Gasteiger charge is -2.42. The molecule has 3 fully saturated rings. The molecule has 16 heavy (non-hydrogen) atoms. The van der Waals surface area contributed by atoms with Crippen LogP contribution in [0.1, 0.15) is 19.8 Å². The van der Waals surface area contributed by atoms with Gasteiger partial charge in [-0.3, -0.25) is 4.79 Å². The Balaban J connectivity index is 2.30. The van der Waals surface area contributed by atoms with Crippen molar-refractivity contribution in [1.29, 1.82) is 0 Å². The molecular weight excluding hydrogens is 227 g/mol. The number of carboxylic acid groups (broad SMARTS) is 1. The van der Waals surface area contributed by atoms with E-state index in [9.17, 15) is 22.8 Å². The summed E-state index contributed by atoms with van der Waals surface area (Å²) in [5, 5.41) is 8.95. The Morgan fingerprint density at radius 3 is 2.19 bits per heavy atom. The van der Waals surface area contributed by atoms with Gasteiger partial charge in [-0.05, 0) is 18.3 Å². The standard InChI is InChI=1S/C9H10F3NO3/c1-7-2-8(3-7,6(15)16)13(4-7)5(14)9(10,11)12/h2-4H2,1H3,(H,15,16). The molecule has 4 nitrogen and oxygen atoms in total. The highest BCUT2D eigenvalue weighted by Crippen LogP contribution is 2.59. The summed E-state index contributed by atoms with van der Waals surface area (Å²) in [4.78, 5) is 22.5. The van der Waals surface area contributed by atoms with Crippen LogP contribution in [0.5, 0.6) is 0 Å². The molecule has 0 spiro atoms. The first-order valence-corrected chi connectivity index (χ1v) is 4.73. The molecule has 2 saturated heterocycles. The topological polar surface area (TPSA) is 57.6 Å². The van der Waals surface area contributed by atoms with E-state index in [1.165, 1.54) is 0 Å². The molecule has 0 atom stereocenters. The first-order chi connectivity index (χ1) is 7.11. The second-order valence-electron chi connectivity index (χ2n) is 4.89. The van der Waals surface area contributed by atoms with E-state index in [-0.39, 0.29) is 19.4 Å². The number of amides is 1. The Morgan fingerprint density at radius 1 is 1.31 bits per heavy atom. The van der Waals surface area contributed by atoms with E-state index in [1.54, 1.807) is 6.92 Å². The van der Waals surface area contributed by atoms with Gasteiger partial charge in [-0.15, -0.1) is 0 Å². The average molecular weight is 237 g/mol. The Bertz CT molecular complexity index is 371. The van der Waals surface area contributed by atoms with Crippen LogP contribution in [0.25, 0.3) is 0 Å². The van der Waals surface area contributed by atoms with Crippen molar-refractivity contribution in [3.63, 3.8) is 0 Å². The molecule has 7 heteroatoms. The SMILES string of the molecule is CC12CN(C(=O)C(F)(F)F)C(C(=O)O)(C1)C2. The molecule has 1 aliphatic carbocycles. The third-order valence-corrected chi connectivity index (χ3v) is 3.38. The predicted molar refractivity (Wildman–Crippen MR) is 45.5 cm³/mol. The largest absolute Gasteiger partial charge is 0.479 e. The highest BCUT2D eigenvalue weighted by atomic mass is 19.4. The second kappa shape index (κ2) is 2.70. The lowest BCUT2D eigenvalue weighted by molar-refractivity contribution is -0.192. The summed E-state index contributed by atoms with van der Waals surface area (Å²) in [5.41, 5.74) is -2.10. The molecule has 3 rings (SSSR count). The van der Waals surface area contributed by atoms with Gasteiger partial charge in [0.15, 0.2) is 0 Å². The molecule has 3 aliphatic rings. The summed E-state index contributed by atoms with van der Waals surface area (Å²) in [6.45, 7) is 1.56. The van der Waals surface area contributed by atoms with Crippen molar-refractivity contribution < 1.29 is 27.9 Å². The number of nitrogens with zero attached hydrogens (tertiary/aromatic N) is 1. The molecule has 0 aromatic carbocycles. The molecule has 0 radical (unpaired) electrons. The lowest BCUT2D eigenvalue weighted by Crippen LogP contribution is -2.58. The summed E-state index contributed by atoms with van der Waals surface area (Å²) in [6, 6.07) is 0. The van der Waals surface area contributed by atoms with Gasteiger partial charge >= 0.3 is 18.1 Å². The molecular formula is C9H10F3NO3. The van der Waals surface area contributed by atoms with Crippen molar-refractivity contribution in [2.75, 3.05) is 6.54 Å². The number of fused-ring (bicyclic) bond motifs is 1. The average Bonchev–Trinajstić information content (AvgIpc) is 2.50. The third kappa shape index (κ3) is 1.23. The summed E-state index contributed by atoms with van der Waals surface area (Å²) in [5.74, 6) is -3.39. The Hall–Kier alpha value is -1.27. The Kier molecular flexibility index (Phi) is 1.89. The third-order valence-electron chi connectivity index (χ3n) is 3.38. The van der Waals surface area contributed by atoms with Gasteiger partial charge in [-0.25, -0.2) is 4.79 Å². The van der Waals surface area contributed by atoms with Crippen molar-refractivity contribution in [3.8, 4) is 0 Å². The van der Waals surface area contributed by atoms with Crippen LogP contribution < -0.4 is 0 Å². The molecule has 0 aromatic heterocycles. The zero-order valence-electron chi connectivity index (χ0n) is 8.47. The predicted octanol–water partition coefficient (Wildman–Crippen LogP) is 1.01. The summed E-state index contributed by atoms with van der Waals surface area (Å²) < 4.78 is 36.8. The molecule has 1 amide bonds. The first-order valence-electron chi connectivity index (χ1n) is 4.73. The minimum absolute atomic E-state index is 0.108. The van der Waals surface area contributed by atoms with E-state index in [1.807, 2.05) is 0 Å². The van der Waals surface area contributed by atoms with Gasteiger partial charge in [0.05, 0.1) is 0 Å². The van der Waals surface area contributed by atoms with Crippen molar-refractivity contribution >= 4 is 11.9 Å². The van der Waals surface area contributed by atoms with E-state index in [4.69, 9.17) is 5.11 Å². The van der Waals surface area contributed by atoms with Crippen LogP contribution >= 0.6 is 0 Å². The van der Waals surface area contributed by atoms with Crippen LogP contribution in [-0.2, 0) is 9.59 Å². The molecule has 90 valence electrons. The number of rotatable bonds is 1. The Labute approximate surface area is 89.0 Å². The zero-order chi connectivity index (χ0) is 12.4. The van der Waals surface area contributed by atoms with Gasteiger partial charge in [-0.1, -0.05) is 6.92 Å². The Morgan fingerprint density at radius 2 is 1.81 bits per heavy atom. The summed E-state index contributed by atoms with van der Waals surface area (Å²) in [7, 11) is 0. The highest BCUT2D eigenvalue weighted by molar-refractivity contribution is 5.92. The minimum atomic E-state index is -5.00. The lowest BCUT2D eigenvalue weighted by atomic mass is 9.63. The summed E-state index contributed by atoms with van der Waals surface area (Å²) in [6.07, 6.45) is -4.79. The number of aliphatic carboxylic acids is 1. The maximum absolute atomic E-state index is 12.3. The van der Waals surface area contributed by atoms with Crippen molar-refractivity contribution in [1.82, 2.24) is 4.90 Å². The van der Waals surface area contributed by atoms with E-state index >= 15 is 0 Å². The van der Waals surface area contributed by atoms with Crippen LogP contribution in [0.3, 0.4) is 0 Å². The smallest absolute Gasteiger partial charge is 0.471 e. The maximum atomic E-state index is 12.3. The quantitative estimate of drug-likeness (QED) is 0.740. The number of hydrogen-bond acceptors (Lipinski definition) is 2. The number of halogens is 3. The number of carboxylic acids is 1. The molecule has 2 bridgehead atoms. The van der Waals surface area contributed by atoms with Gasteiger partial charge < -0.3 is 10.0 Å². The van der Waals surface area contributed by atoms with Crippen molar-refractivity contribution in [2.45, 2.75) is 31.5 Å². The molecule has 2 aliphatic heterocycles. The van der Waals surface area contributed by atoms with Crippen LogP contribution in [0.2, 0.25) is 0 Å². The van der Waals surface area contributed by atoms with Gasteiger partial charge in [-0.2, -0.15) is 13.2 Å². The molecule has 1 saturated carbocycles. The summed E-state index contributed by atoms with van der Waals surface area (Å²) >= 11 is 0. The second-order valence-corrected chi connectivity index (χ2v) is 4.89. The van der Waals surface area contributed by atoms with Crippen LogP contribution in [0, 0.1) is 5.41 Å². The fraction of sp³-hybridized carbons (Fsp3) is 0.778. The van der Waals surface area contributed by atoms with E-state index in [2.05, 4.69) is 0 Å². The molecule has 0 unspecified atom stereocenters. The van der Waals surface area contributed by atoms with Crippen LogP contribution in [-0.4, -0.2) is 40.1 Å². The fourth-order valence-corrected chi connectivity index (χ4v) is 2.88. The molecule has 0 aromatic rings. The van der Waals surface area contributed by atoms with Gasteiger partial charge in [0.25, 0.3) is 0 Å². The number of carbonyl (C=O) groups excluding carboxylic acids is 1. The van der Waals surface area contributed by atoms with Crippen LogP contribution in [0.4, 0.5) is 13.2 Å². The van der Waals surface area contributed by atoms with E-state index < -0.39 is 29.0 Å². The van der Waals surface area contributed by atoms with Gasteiger partial charge in [0.2, 0.25) is 0 Å². The van der Waals surface area contributed by atoms with Gasteiger partial charge in [0, 0.05) is 6.54 Å². The highest BCUT2D eigenvalue weighted by Gasteiger charge is 2.70.